The molecule has 0 aliphatic rings. The van der Waals surface area contributed by atoms with Gasteiger partial charge in [-0.1, -0.05) is 0 Å². The molecule has 1 rings (SSSR count). The van der Waals surface area contributed by atoms with Crippen molar-refractivity contribution in [1.29, 1.82) is 0 Å². The zero-order chi connectivity index (χ0) is 14.5. The number of halogens is 4. The molecule has 116 valence electrons. The molecule has 9 heteroatoms. The summed E-state index contributed by atoms with van der Waals surface area (Å²) in [6, 6.07) is 0. The normalized spacial score (nSPS) is 11.4. The molecule has 0 fully saturated rings. The zero-order valence-corrected chi connectivity index (χ0v) is 12.4. The molecule has 1 heterocycles. The third-order valence-corrected chi connectivity index (χ3v) is 3.26. The smallest absolute Gasteiger partial charge is 0.434 e. The summed E-state index contributed by atoms with van der Waals surface area (Å²) >= 11 is 0.982. The summed E-state index contributed by atoms with van der Waals surface area (Å²) in [6.45, 7) is 0.974. The molecular weight excluding hydrogens is 317 g/mol. The molecule has 0 saturated carbocycles. The van der Waals surface area contributed by atoms with E-state index < -0.39 is 17.8 Å². The molecule has 0 spiro atoms. The van der Waals surface area contributed by atoms with E-state index in [0.29, 0.717) is 30.9 Å². The van der Waals surface area contributed by atoms with Crippen LogP contribution in [0, 0.1) is 0 Å². The lowest BCUT2D eigenvalue weighted by atomic mass is 10.2. The molecule has 0 atom stereocenters. The van der Waals surface area contributed by atoms with E-state index >= 15 is 0 Å². The number of carboxylic acids is 1. The van der Waals surface area contributed by atoms with E-state index in [2.05, 4.69) is 4.98 Å². The van der Waals surface area contributed by atoms with Gasteiger partial charge in [0.1, 0.15) is 5.01 Å². The molecule has 20 heavy (non-hydrogen) atoms. The second-order valence-corrected chi connectivity index (χ2v) is 5.16. The number of nitrogens with zero attached hydrogens (tertiary/aromatic N) is 2. The molecule has 0 saturated heterocycles. The summed E-state index contributed by atoms with van der Waals surface area (Å²) in [6.07, 6.45) is -3.02. The fourth-order valence-corrected chi connectivity index (χ4v) is 2.36. The zero-order valence-electron chi connectivity index (χ0n) is 10.8. The van der Waals surface area contributed by atoms with Crippen molar-refractivity contribution >= 4 is 29.7 Å². The van der Waals surface area contributed by atoms with Crippen molar-refractivity contribution in [3.05, 3.63) is 16.1 Å². The first-order valence-corrected chi connectivity index (χ1v) is 6.59. The third kappa shape index (κ3) is 7.06. The fourth-order valence-electron chi connectivity index (χ4n) is 1.48. The lowest BCUT2D eigenvalue weighted by Crippen LogP contribution is -2.19. The summed E-state index contributed by atoms with van der Waals surface area (Å²) in [7, 11) is 1.77. The Bertz CT molecular complexity index is 426. The van der Waals surface area contributed by atoms with E-state index in [-0.39, 0.29) is 18.8 Å². The average molecular weight is 333 g/mol. The number of aliphatic carboxylic acids is 1. The third-order valence-electron chi connectivity index (χ3n) is 2.43. The minimum absolute atomic E-state index is 0. The maximum Gasteiger partial charge on any atom is 0.434 e. The van der Waals surface area contributed by atoms with Gasteiger partial charge in [0.15, 0.2) is 5.69 Å². The Labute approximate surface area is 125 Å². The van der Waals surface area contributed by atoms with Crippen molar-refractivity contribution in [1.82, 2.24) is 9.88 Å². The van der Waals surface area contributed by atoms with Crippen molar-refractivity contribution < 1.29 is 23.1 Å². The first-order chi connectivity index (χ1) is 8.79. The van der Waals surface area contributed by atoms with Gasteiger partial charge in [0.2, 0.25) is 0 Å². The van der Waals surface area contributed by atoms with Gasteiger partial charge in [-0.2, -0.15) is 13.2 Å². The predicted molar refractivity (Wildman–Crippen MR) is 72.2 cm³/mol. The molecule has 0 bridgehead atoms. The van der Waals surface area contributed by atoms with Crippen LogP contribution in [0.15, 0.2) is 5.38 Å². The van der Waals surface area contributed by atoms with Crippen LogP contribution in [-0.2, 0) is 17.5 Å². The van der Waals surface area contributed by atoms with Gasteiger partial charge >= 0.3 is 12.1 Å². The first-order valence-electron chi connectivity index (χ1n) is 5.71. The molecule has 0 aliphatic heterocycles. The summed E-state index contributed by atoms with van der Waals surface area (Å²) in [4.78, 5) is 15.7. The van der Waals surface area contributed by atoms with Gasteiger partial charge in [0, 0.05) is 11.8 Å². The highest BCUT2D eigenvalue weighted by atomic mass is 35.5. The largest absolute Gasteiger partial charge is 0.481 e. The summed E-state index contributed by atoms with van der Waals surface area (Å²) in [5.41, 5.74) is -0.855. The molecule has 1 N–H and O–H groups in total. The van der Waals surface area contributed by atoms with Crippen molar-refractivity contribution in [3.8, 4) is 0 Å². The Hall–Kier alpha value is -0.860. The van der Waals surface area contributed by atoms with Crippen LogP contribution in [0.25, 0.3) is 0 Å². The summed E-state index contributed by atoms with van der Waals surface area (Å²) < 4.78 is 37.0. The highest BCUT2D eigenvalue weighted by Crippen LogP contribution is 2.30. The van der Waals surface area contributed by atoms with Crippen LogP contribution in [0.2, 0.25) is 0 Å². The molecule has 0 unspecified atom stereocenters. The summed E-state index contributed by atoms with van der Waals surface area (Å²) in [5, 5.41) is 9.88. The van der Waals surface area contributed by atoms with E-state index in [4.69, 9.17) is 5.11 Å². The average Bonchev–Trinajstić information content (AvgIpc) is 2.72. The number of carboxylic acid groups (broad SMARTS) is 1. The number of thiazole rings is 1. The number of unbranched alkanes of at least 4 members (excludes halogenated alkanes) is 1. The minimum Gasteiger partial charge on any atom is -0.481 e. The van der Waals surface area contributed by atoms with Gasteiger partial charge in [0.25, 0.3) is 0 Å². The molecule has 0 amide bonds. The lowest BCUT2D eigenvalue weighted by Gasteiger charge is -2.14. The van der Waals surface area contributed by atoms with Crippen LogP contribution >= 0.6 is 23.7 Å². The van der Waals surface area contributed by atoms with E-state index in [9.17, 15) is 18.0 Å². The van der Waals surface area contributed by atoms with E-state index in [1.54, 1.807) is 7.05 Å². The number of rotatable bonds is 7. The second-order valence-electron chi connectivity index (χ2n) is 4.21. The molecule has 4 nitrogen and oxygen atoms in total. The Morgan fingerprint density at radius 1 is 1.45 bits per heavy atom. The quantitative estimate of drug-likeness (QED) is 0.779. The first kappa shape index (κ1) is 19.1. The number of hydrogen-bond donors (Lipinski definition) is 1. The van der Waals surface area contributed by atoms with Crippen LogP contribution in [0.5, 0.6) is 0 Å². The molecular formula is C11H16ClF3N2O2S. The topological polar surface area (TPSA) is 53.4 Å². The van der Waals surface area contributed by atoms with Crippen molar-refractivity contribution in [3.63, 3.8) is 0 Å². The Morgan fingerprint density at radius 3 is 2.60 bits per heavy atom. The van der Waals surface area contributed by atoms with Gasteiger partial charge in [-0.25, -0.2) is 4.98 Å². The standard InChI is InChI=1S/C11H15F3N2O2S.ClH/c1-16(5-3-2-4-10(17)18)6-9-15-8(7-19-9)11(12,13)14;/h7H,2-6H2,1H3,(H,17,18);1H. The molecule has 0 radical (unpaired) electrons. The number of hydrogen-bond acceptors (Lipinski definition) is 4. The minimum atomic E-state index is -4.39. The fraction of sp³-hybridized carbons (Fsp3) is 0.636. The van der Waals surface area contributed by atoms with Crippen LogP contribution in [0.1, 0.15) is 30.0 Å². The second kappa shape index (κ2) is 8.43. The SMILES string of the molecule is CN(CCCCC(=O)O)Cc1nc(C(F)(F)F)cs1.Cl. The number of carbonyl (C=O) groups is 1. The van der Waals surface area contributed by atoms with Gasteiger partial charge in [-0.3, -0.25) is 9.69 Å². The van der Waals surface area contributed by atoms with Gasteiger partial charge in [-0.15, -0.1) is 23.7 Å². The van der Waals surface area contributed by atoms with Crippen LogP contribution in [0.3, 0.4) is 0 Å². The van der Waals surface area contributed by atoms with Gasteiger partial charge in [0.05, 0.1) is 6.54 Å². The van der Waals surface area contributed by atoms with Crippen molar-refractivity contribution in [2.75, 3.05) is 13.6 Å². The number of alkyl halides is 3. The Kier molecular flexibility index (Phi) is 8.07. The maximum atomic E-state index is 12.3. The molecule has 1 aromatic heterocycles. The summed E-state index contributed by atoms with van der Waals surface area (Å²) in [5.74, 6) is -0.836. The molecule has 0 aromatic carbocycles. The predicted octanol–water partition coefficient (Wildman–Crippen LogP) is 3.27. The van der Waals surface area contributed by atoms with Gasteiger partial charge in [-0.05, 0) is 26.4 Å². The van der Waals surface area contributed by atoms with Crippen LogP contribution in [-0.4, -0.2) is 34.6 Å². The van der Waals surface area contributed by atoms with Crippen molar-refractivity contribution in [2.24, 2.45) is 0 Å². The molecule has 1 aromatic rings. The van der Waals surface area contributed by atoms with Crippen LogP contribution in [0.4, 0.5) is 13.2 Å². The van der Waals surface area contributed by atoms with E-state index in [1.165, 1.54) is 0 Å². The van der Waals surface area contributed by atoms with Crippen molar-refractivity contribution in [2.45, 2.75) is 32.0 Å². The molecule has 0 aliphatic carbocycles. The van der Waals surface area contributed by atoms with E-state index in [1.807, 2.05) is 4.90 Å². The highest BCUT2D eigenvalue weighted by Gasteiger charge is 2.33. The maximum absolute atomic E-state index is 12.3. The number of aromatic nitrogens is 1. The Morgan fingerprint density at radius 2 is 2.10 bits per heavy atom. The monoisotopic (exact) mass is 332 g/mol. The highest BCUT2D eigenvalue weighted by molar-refractivity contribution is 7.09. The van der Waals surface area contributed by atoms with Gasteiger partial charge < -0.3 is 5.11 Å². The Balaban J connectivity index is 0.00000361. The lowest BCUT2D eigenvalue weighted by molar-refractivity contribution is -0.141. The van der Waals surface area contributed by atoms with E-state index in [0.717, 1.165) is 16.7 Å². The van der Waals surface area contributed by atoms with Crippen LogP contribution < -0.4 is 0 Å².